The minimum atomic E-state index is -3.45. The molecule has 0 aliphatic carbocycles. The average molecular weight is 329 g/mol. The Morgan fingerprint density at radius 3 is 2.27 bits per heavy atom. The Kier molecular flexibility index (Phi) is 5.15. The molecule has 1 amide bonds. The zero-order valence-corrected chi connectivity index (χ0v) is 13.4. The molecule has 0 aromatic heterocycles. The van der Waals surface area contributed by atoms with E-state index in [1.54, 1.807) is 4.90 Å². The summed E-state index contributed by atoms with van der Waals surface area (Å²) in [6, 6.07) is 5.25. The molecule has 2 rings (SSSR count). The van der Waals surface area contributed by atoms with Crippen molar-refractivity contribution in [3.05, 3.63) is 35.6 Å². The topological polar surface area (TPSA) is 69.7 Å². The SMILES string of the molecule is CN(C)S(=O)(=O)NC1CCN(C(=O)c2ccc(F)cc2)CC1. The largest absolute Gasteiger partial charge is 0.339 e. The monoisotopic (exact) mass is 329 g/mol. The van der Waals surface area contributed by atoms with E-state index in [9.17, 15) is 17.6 Å². The number of benzene rings is 1. The van der Waals surface area contributed by atoms with Crippen LogP contribution in [0.25, 0.3) is 0 Å². The fourth-order valence-corrected chi connectivity index (χ4v) is 3.16. The molecule has 8 heteroatoms. The fourth-order valence-electron chi connectivity index (χ4n) is 2.29. The van der Waals surface area contributed by atoms with E-state index < -0.39 is 10.2 Å². The third kappa shape index (κ3) is 4.02. The number of hydrogen-bond donors (Lipinski definition) is 1. The van der Waals surface area contributed by atoms with Gasteiger partial charge in [-0.25, -0.2) is 4.39 Å². The van der Waals surface area contributed by atoms with Crippen molar-refractivity contribution in [1.82, 2.24) is 13.9 Å². The summed E-state index contributed by atoms with van der Waals surface area (Å²) >= 11 is 0. The number of carbonyl (C=O) groups is 1. The Balaban J connectivity index is 1.92. The van der Waals surface area contributed by atoms with Crippen LogP contribution in [0.15, 0.2) is 24.3 Å². The first-order valence-corrected chi connectivity index (χ1v) is 8.48. The Morgan fingerprint density at radius 2 is 1.77 bits per heavy atom. The van der Waals surface area contributed by atoms with Crippen molar-refractivity contribution in [2.45, 2.75) is 18.9 Å². The molecule has 0 radical (unpaired) electrons. The van der Waals surface area contributed by atoms with Crippen LogP contribution in [0.5, 0.6) is 0 Å². The van der Waals surface area contributed by atoms with Crippen LogP contribution in [0, 0.1) is 5.82 Å². The lowest BCUT2D eigenvalue weighted by Crippen LogP contribution is -2.49. The number of nitrogens with one attached hydrogen (secondary N) is 1. The summed E-state index contributed by atoms with van der Waals surface area (Å²) in [5, 5.41) is 0. The van der Waals surface area contributed by atoms with Gasteiger partial charge in [0.1, 0.15) is 5.82 Å². The summed E-state index contributed by atoms with van der Waals surface area (Å²) in [5.74, 6) is -0.540. The third-order valence-corrected chi connectivity index (χ3v) is 5.26. The average Bonchev–Trinajstić information content (AvgIpc) is 2.47. The summed E-state index contributed by atoms with van der Waals surface area (Å²) < 4.78 is 40.1. The first kappa shape index (κ1) is 16.9. The molecule has 6 nitrogen and oxygen atoms in total. The molecule has 1 N–H and O–H groups in total. The van der Waals surface area contributed by atoms with Crippen molar-refractivity contribution < 1.29 is 17.6 Å². The number of hydrogen-bond acceptors (Lipinski definition) is 3. The van der Waals surface area contributed by atoms with Crippen LogP contribution in [0.1, 0.15) is 23.2 Å². The van der Waals surface area contributed by atoms with E-state index in [2.05, 4.69) is 4.72 Å². The van der Waals surface area contributed by atoms with Gasteiger partial charge in [-0.1, -0.05) is 0 Å². The lowest BCUT2D eigenvalue weighted by Gasteiger charge is -2.32. The number of rotatable bonds is 4. The molecule has 1 aliphatic heterocycles. The van der Waals surface area contributed by atoms with Gasteiger partial charge in [-0.05, 0) is 37.1 Å². The van der Waals surface area contributed by atoms with Crippen molar-refractivity contribution in [3.63, 3.8) is 0 Å². The minimum absolute atomic E-state index is 0.158. The molecular formula is C14H20FN3O3S. The maximum Gasteiger partial charge on any atom is 0.279 e. The van der Waals surface area contributed by atoms with Crippen LogP contribution >= 0.6 is 0 Å². The third-order valence-electron chi connectivity index (χ3n) is 3.67. The highest BCUT2D eigenvalue weighted by Crippen LogP contribution is 2.15. The van der Waals surface area contributed by atoms with Crippen LogP contribution in [-0.4, -0.2) is 56.8 Å². The molecule has 0 saturated carbocycles. The second-order valence-electron chi connectivity index (χ2n) is 5.48. The zero-order valence-electron chi connectivity index (χ0n) is 12.6. The molecule has 0 bridgehead atoms. The van der Waals surface area contributed by atoms with Gasteiger partial charge in [0.05, 0.1) is 0 Å². The number of carbonyl (C=O) groups excluding carboxylic acids is 1. The standard InChI is InChI=1S/C14H20FN3O3S/c1-17(2)22(20,21)16-13-7-9-18(10-8-13)14(19)11-3-5-12(15)6-4-11/h3-6,13,16H,7-10H2,1-2H3. The first-order valence-electron chi connectivity index (χ1n) is 7.04. The van der Waals surface area contributed by atoms with Crippen molar-refractivity contribution in [1.29, 1.82) is 0 Å². The predicted molar refractivity (Wildman–Crippen MR) is 81.1 cm³/mol. The van der Waals surface area contributed by atoms with E-state index in [1.807, 2.05) is 0 Å². The maximum absolute atomic E-state index is 12.9. The summed E-state index contributed by atoms with van der Waals surface area (Å²) in [6.45, 7) is 0.938. The summed E-state index contributed by atoms with van der Waals surface area (Å²) in [7, 11) is -0.519. The van der Waals surface area contributed by atoms with Gasteiger partial charge in [-0.3, -0.25) is 4.79 Å². The first-order chi connectivity index (χ1) is 10.3. The Hall–Kier alpha value is -1.51. The van der Waals surface area contributed by atoms with Crippen molar-refractivity contribution >= 4 is 16.1 Å². The molecule has 22 heavy (non-hydrogen) atoms. The van der Waals surface area contributed by atoms with Gasteiger partial charge in [0.2, 0.25) is 0 Å². The molecule has 1 saturated heterocycles. The van der Waals surface area contributed by atoms with E-state index in [0.29, 0.717) is 31.5 Å². The molecule has 1 aromatic rings. The maximum atomic E-state index is 12.9. The molecule has 1 fully saturated rings. The van der Waals surface area contributed by atoms with Crippen molar-refractivity contribution in [2.24, 2.45) is 0 Å². The molecule has 0 atom stereocenters. The Bertz CT molecular complexity index is 623. The second-order valence-corrected chi connectivity index (χ2v) is 7.39. The highest BCUT2D eigenvalue weighted by Gasteiger charge is 2.27. The molecule has 0 unspecified atom stereocenters. The number of likely N-dealkylation sites (tertiary alicyclic amines) is 1. The molecule has 0 spiro atoms. The predicted octanol–water partition coefficient (Wildman–Crippen LogP) is 0.826. The summed E-state index contributed by atoms with van der Waals surface area (Å²) in [4.78, 5) is 13.9. The van der Waals surface area contributed by atoms with E-state index in [4.69, 9.17) is 0 Å². The number of piperidine rings is 1. The minimum Gasteiger partial charge on any atom is -0.339 e. The van der Waals surface area contributed by atoms with Gasteiger partial charge in [0, 0.05) is 38.8 Å². The van der Waals surface area contributed by atoms with Gasteiger partial charge < -0.3 is 4.90 Å². The summed E-state index contributed by atoms with van der Waals surface area (Å²) in [6.07, 6.45) is 1.11. The van der Waals surface area contributed by atoms with Crippen LogP contribution in [0.3, 0.4) is 0 Å². The quantitative estimate of drug-likeness (QED) is 0.889. The zero-order chi connectivity index (χ0) is 16.3. The Morgan fingerprint density at radius 1 is 1.23 bits per heavy atom. The van der Waals surface area contributed by atoms with Gasteiger partial charge in [-0.15, -0.1) is 0 Å². The molecule has 1 heterocycles. The smallest absolute Gasteiger partial charge is 0.279 e. The van der Waals surface area contributed by atoms with E-state index in [0.717, 1.165) is 4.31 Å². The van der Waals surface area contributed by atoms with Gasteiger partial charge in [0.25, 0.3) is 16.1 Å². The van der Waals surface area contributed by atoms with Crippen LogP contribution in [0.4, 0.5) is 4.39 Å². The normalized spacial score (nSPS) is 17.0. The van der Waals surface area contributed by atoms with E-state index in [-0.39, 0.29) is 17.8 Å². The van der Waals surface area contributed by atoms with Crippen LogP contribution in [-0.2, 0) is 10.2 Å². The highest BCUT2D eigenvalue weighted by molar-refractivity contribution is 7.87. The Labute approximate surface area is 130 Å². The number of amides is 1. The van der Waals surface area contributed by atoms with Crippen LogP contribution in [0.2, 0.25) is 0 Å². The lowest BCUT2D eigenvalue weighted by molar-refractivity contribution is 0.0711. The molecule has 122 valence electrons. The fraction of sp³-hybridized carbons (Fsp3) is 0.500. The van der Waals surface area contributed by atoms with Gasteiger partial charge in [0.15, 0.2) is 0 Å². The second kappa shape index (κ2) is 6.72. The van der Waals surface area contributed by atoms with Crippen LogP contribution < -0.4 is 4.72 Å². The lowest BCUT2D eigenvalue weighted by atomic mass is 10.0. The molecule has 1 aromatic carbocycles. The number of nitrogens with zero attached hydrogens (tertiary/aromatic N) is 2. The molecular weight excluding hydrogens is 309 g/mol. The summed E-state index contributed by atoms with van der Waals surface area (Å²) in [5.41, 5.74) is 0.439. The van der Waals surface area contributed by atoms with E-state index >= 15 is 0 Å². The van der Waals surface area contributed by atoms with Gasteiger partial charge >= 0.3 is 0 Å². The van der Waals surface area contributed by atoms with Crippen molar-refractivity contribution in [2.75, 3.05) is 27.2 Å². The van der Waals surface area contributed by atoms with E-state index in [1.165, 1.54) is 38.4 Å². The van der Waals surface area contributed by atoms with Crippen molar-refractivity contribution in [3.8, 4) is 0 Å². The number of halogens is 1. The molecule has 1 aliphatic rings. The highest BCUT2D eigenvalue weighted by atomic mass is 32.2. The van der Waals surface area contributed by atoms with Gasteiger partial charge in [-0.2, -0.15) is 17.4 Å².